The molecule has 34 heavy (non-hydrogen) atoms. The van der Waals surface area contributed by atoms with Gasteiger partial charge in [0, 0.05) is 12.3 Å². The number of Topliss-reactive ketones (excluding diaryl/α,β-unsaturated/α-hetero) is 1. The molecule has 0 aromatic heterocycles. The standard InChI is InChI=1S/C30H48O4/c1-25(2)12-14-30(24(33)34)15-13-29(7)23(18(30)17-25)19(31)16-21-27(5)10-9-22(32)26(3,4)20(27)8-11-28(21,29)6/h18,20-23,32H,8-17H2,1-7H3,(H,33,34)/t18-,20-,21+,22-,23?,27-,28+,29+,30-/m0/s1. The lowest BCUT2D eigenvalue weighted by Crippen LogP contribution is -2.69. The lowest BCUT2D eigenvalue weighted by Gasteiger charge is -2.72. The molecule has 9 atom stereocenters. The van der Waals surface area contributed by atoms with Gasteiger partial charge in [-0.15, -0.1) is 0 Å². The van der Waals surface area contributed by atoms with Gasteiger partial charge in [0.1, 0.15) is 5.78 Å². The average Bonchev–Trinajstić information content (AvgIpc) is 2.72. The van der Waals surface area contributed by atoms with Gasteiger partial charge in [-0.2, -0.15) is 0 Å². The number of hydrogen-bond acceptors (Lipinski definition) is 3. The fourth-order valence-electron chi connectivity index (χ4n) is 11.1. The number of carbonyl (C=O) groups excluding carboxylic acids is 1. The molecule has 5 fully saturated rings. The van der Waals surface area contributed by atoms with E-state index in [1.54, 1.807) is 0 Å². The first-order valence-corrected chi connectivity index (χ1v) is 14.0. The van der Waals surface area contributed by atoms with E-state index in [4.69, 9.17) is 0 Å². The Morgan fingerprint density at radius 1 is 0.824 bits per heavy atom. The van der Waals surface area contributed by atoms with Gasteiger partial charge in [-0.05, 0) is 103 Å². The van der Waals surface area contributed by atoms with Crippen molar-refractivity contribution in [1.82, 2.24) is 0 Å². The number of aliphatic carboxylic acids is 1. The highest BCUT2D eigenvalue weighted by molar-refractivity contribution is 5.86. The zero-order chi connectivity index (χ0) is 25.1. The average molecular weight is 473 g/mol. The normalized spacial score (nSPS) is 53.6. The third kappa shape index (κ3) is 2.87. The van der Waals surface area contributed by atoms with Gasteiger partial charge in [0.15, 0.2) is 0 Å². The summed E-state index contributed by atoms with van der Waals surface area (Å²) in [5, 5.41) is 21.4. The molecule has 192 valence electrons. The molecule has 2 N–H and O–H groups in total. The van der Waals surface area contributed by atoms with Crippen molar-refractivity contribution >= 4 is 11.8 Å². The van der Waals surface area contributed by atoms with Crippen LogP contribution < -0.4 is 0 Å². The first-order chi connectivity index (χ1) is 15.6. The van der Waals surface area contributed by atoms with E-state index in [9.17, 15) is 19.8 Å². The highest BCUT2D eigenvalue weighted by Crippen LogP contribution is 2.76. The smallest absolute Gasteiger partial charge is 0.309 e. The number of fused-ring (bicyclic) bond motifs is 7. The second-order valence-electron chi connectivity index (χ2n) is 15.4. The van der Waals surface area contributed by atoms with Gasteiger partial charge >= 0.3 is 5.97 Å². The van der Waals surface area contributed by atoms with Crippen LogP contribution in [0.3, 0.4) is 0 Å². The number of aliphatic hydroxyl groups is 1. The van der Waals surface area contributed by atoms with E-state index in [0.717, 1.165) is 51.4 Å². The SMILES string of the molecule is CC1(C)CC[C@]2(C(=O)O)CC[C@]3(C)C(C(=O)C[C@@H]4[C@@]5(C)CC[C@H](O)C(C)(C)[C@@H]5CC[C@]43C)[C@@H]2C1. The zero-order valence-electron chi connectivity index (χ0n) is 22.7. The van der Waals surface area contributed by atoms with Crippen LogP contribution in [0.4, 0.5) is 0 Å². The second kappa shape index (κ2) is 7.11. The molecule has 5 aliphatic carbocycles. The molecule has 5 rings (SSSR count). The van der Waals surface area contributed by atoms with Crippen LogP contribution in [0, 0.1) is 56.2 Å². The maximum absolute atomic E-state index is 14.3. The molecule has 0 aromatic rings. The number of aliphatic hydroxyl groups excluding tert-OH is 1. The maximum atomic E-state index is 14.3. The Labute approximate surface area is 206 Å². The van der Waals surface area contributed by atoms with Crippen LogP contribution in [0.5, 0.6) is 0 Å². The summed E-state index contributed by atoms with van der Waals surface area (Å²) in [4.78, 5) is 27.0. The minimum atomic E-state index is -0.726. The van der Waals surface area contributed by atoms with Crippen molar-refractivity contribution in [2.24, 2.45) is 56.2 Å². The third-order valence-electron chi connectivity index (χ3n) is 13.4. The van der Waals surface area contributed by atoms with E-state index in [-0.39, 0.29) is 45.0 Å². The van der Waals surface area contributed by atoms with Gasteiger partial charge in [0.05, 0.1) is 11.5 Å². The van der Waals surface area contributed by atoms with E-state index < -0.39 is 11.4 Å². The largest absolute Gasteiger partial charge is 0.481 e. The van der Waals surface area contributed by atoms with Gasteiger partial charge in [0.25, 0.3) is 0 Å². The van der Waals surface area contributed by atoms with Gasteiger partial charge in [0.2, 0.25) is 0 Å². The van der Waals surface area contributed by atoms with Crippen molar-refractivity contribution < 1.29 is 19.8 Å². The first-order valence-electron chi connectivity index (χ1n) is 14.0. The molecule has 4 heteroatoms. The molecular weight excluding hydrogens is 424 g/mol. The van der Waals surface area contributed by atoms with E-state index in [2.05, 4.69) is 48.5 Å². The molecule has 0 aromatic carbocycles. The number of ketones is 1. The van der Waals surface area contributed by atoms with Crippen LogP contribution >= 0.6 is 0 Å². The van der Waals surface area contributed by atoms with Crippen LogP contribution in [0.2, 0.25) is 0 Å². The summed E-state index contributed by atoms with van der Waals surface area (Å²) < 4.78 is 0. The number of carboxylic acid groups (broad SMARTS) is 1. The van der Waals surface area contributed by atoms with Crippen molar-refractivity contribution in [1.29, 1.82) is 0 Å². The monoisotopic (exact) mass is 472 g/mol. The zero-order valence-corrected chi connectivity index (χ0v) is 22.7. The molecule has 0 amide bonds. The van der Waals surface area contributed by atoms with Crippen molar-refractivity contribution in [3.05, 3.63) is 0 Å². The molecule has 0 aliphatic heterocycles. The summed E-state index contributed by atoms with van der Waals surface area (Å²) in [6, 6.07) is 0. The first kappa shape index (κ1) is 24.8. The Morgan fingerprint density at radius 2 is 1.47 bits per heavy atom. The predicted octanol–water partition coefficient (Wildman–Crippen LogP) is 6.49. The van der Waals surface area contributed by atoms with Crippen molar-refractivity contribution in [3.63, 3.8) is 0 Å². The molecule has 0 radical (unpaired) electrons. The molecular formula is C30H48O4. The van der Waals surface area contributed by atoms with Gasteiger partial charge in [-0.25, -0.2) is 0 Å². The second-order valence-corrected chi connectivity index (χ2v) is 15.4. The van der Waals surface area contributed by atoms with Crippen LogP contribution in [0.25, 0.3) is 0 Å². The van der Waals surface area contributed by atoms with E-state index in [0.29, 0.717) is 30.5 Å². The van der Waals surface area contributed by atoms with Crippen LogP contribution in [-0.2, 0) is 9.59 Å². The highest BCUT2D eigenvalue weighted by Gasteiger charge is 2.73. The Kier molecular flexibility index (Phi) is 5.18. The minimum Gasteiger partial charge on any atom is -0.481 e. The number of carbonyl (C=O) groups is 2. The van der Waals surface area contributed by atoms with E-state index >= 15 is 0 Å². The third-order valence-corrected chi connectivity index (χ3v) is 13.4. The fourth-order valence-corrected chi connectivity index (χ4v) is 11.1. The molecule has 4 nitrogen and oxygen atoms in total. The number of carboxylic acids is 1. The summed E-state index contributed by atoms with van der Waals surface area (Å²) in [5.74, 6) is 0.240. The minimum absolute atomic E-state index is 0.0292. The van der Waals surface area contributed by atoms with Crippen molar-refractivity contribution in [3.8, 4) is 0 Å². The van der Waals surface area contributed by atoms with E-state index in [1.165, 1.54) is 0 Å². The molecule has 5 aliphatic rings. The summed E-state index contributed by atoms with van der Waals surface area (Å²) in [5.41, 5.74) is -0.844. The topological polar surface area (TPSA) is 74.6 Å². The number of rotatable bonds is 1. The quantitative estimate of drug-likeness (QED) is 0.457. The molecule has 1 unspecified atom stereocenters. The van der Waals surface area contributed by atoms with Gasteiger partial charge in [-0.3, -0.25) is 9.59 Å². The summed E-state index contributed by atoms with van der Waals surface area (Å²) in [7, 11) is 0. The Balaban J connectivity index is 1.59. The maximum Gasteiger partial charge on any atom is 0.309 e. The Morgan fingerprint density at radius 3 is 2.12 bits per heavy atom. The number of hydrogen-bond donors (Lipinski definition) is 2. The van der Waals surface area contributed by atoms with Gasteiger partial charge in [-0.1, -0.05) is 48.5 Å². The Hall–Kier alpha value is -0.900. The Bertz CT molecular complexity index is 905. The summed E-state index contributed by atoms with van der Waals surface area (Å²) >= 11 is 0. The molecule has 0 heterocycles. The lowest BCUT2D eigenvalue weighted by atomic mass is 9.31. The molecule has 5 saturated carbocycles. The van der Waals surface area contributed by atoms with Crippen LogP contribution in [0.1, 0.15) is 113 Å². The van der Waals surface area contributed by atoms with Crippen LogP contribution in [-0.4, -0.2) is 28.1 Å². The van der Waals surface area contributed by atoms with Crippen LogP contribution in [0.15, 0.2) is 0 Å². The molecule has 0 saturated heterocycles. The summed E-state index contributed by atoms with van der Waals surface area (Å²) in [6.45, 7) is 16.3. The van der Waals surface area contributed by atoms with Gasteiger partial charge < -0.3 is 10.2 Å². The highest BCUT2D eigenvalue weighted by atomic mass is 16.4. The fraction of sp³-hybridized carbons (Fsp3) is 0.933. The van der Waals surface area contributed by atoms with Crippen molar-refractivity contribution in [2.75, 3.05) is 0 Å². The molecule has 0 spiro atoms. The van der Waals surface area contributed by atoms with E-state index in [1.807, 2.05) is 0 Å². The lowest BCUT2D eigenvalue weighted by molar-refractivity contribution is -0.246. The predicted molar refractivity (Wildman–Crippen MR) is 133 cm³/mol. The van der Waals surface area contributed by atoms with Crippen molar-refractivity contribution in [2.45, 2.75) is 119 Å². The summed E-state index contributed by atoms with van der Waals surface area (Å²) in [6.07, 6.45) is 8.40. The molecule has 0 bridgehead atoms.